The van der Waals surface area contributed by atoms with E-state index in [-0.39, 0.29) is 17.8 Å². The van der Waals surface area contributed by atoms with Gasteiger partial charge in [-0.15, -0.1) is 0 Å². The van der Waals surface area contributed by atoms with Crippen LogP contribution in [0.5, 0.6) is 0 Å². The van der Waals surface area contributed by atoms with Crippen molar-refractivity contribution in [1.29, 1.82) is 0 Å². The number of unbranched alkanes of at least 4 members (excludes halogenated alkanes) is 2. The van der Waals surface area contributed by atoms with E-state index >= 15 is 0 Å². The van der Waals surface area contributed by atoms with Gasteiger partial charge in [0.05, 0.1) is 26.4 Å². The Bertz CT molecular complexity index is 603. The molecule has 0 aliphatic carbocycles. The van der Waals surface area contributed by atoms with Crippen molar-refractivity contribution in [3.05, 3.63) is 35.1 Å². The second-order valence-electron chi connectivity index (χ2n) is 8.05. The summed E-state index contributed by atoms with van der Waals surface area (Å²) in [7, 11) is 0. The van der Waals surface area contributed by atoms with Gasteiger partial charge in [0.25, 0.3) is 0 Å². The molecule has 0 amide bonds. The van der Waals surface area contributed by atoms with Gasteiger partial charge < -0.3 is 18.9 Å². The molecule has 0 bridgehead atoms. The van der Waals surface area contributed by atoms with Crippen LogP contribution >= 0.6 is 0 Å². The van der Waals surface area contributed by atoms with E-state index in [1.165, 1.54) is 19.3 Å². The van der Waals surface area contributed by atoms with Gasteiger partial charge in [-0.2, -0.15) is 0 Å². The summed E-state index contributed by atoms with van der Waals surface area (Å²) < 4.78 is 62.6. The summed E-state index contributed by atoms with van der Waals surface area (Å²) in [4.78, 5) is 0. The summed E-state index contributed by atoms with van der Waals surface area (Å²) in [6.45, 7) is 4.67. The van der Waals surface area contributed by atoms with Gasteiger partial charge in [-0.25, -0.2) is 13.2 Å². The lowest BCUT2D eigenvalue weighted by Gasteiger charge is -2.30. The molecule has 3 rings (SSSR count). The highest BCUT2D eigenvalue weighted by atomic mass is 19.2. The number of ether oxygens (including phenoxy) is 4. The molecule has 0 saturated carbocycles. The van der Waals surface area contributed by atoms with Gasteiger partial charge in [-0.1, -0.05) is 26.2 Å². The molecule has 164 valence electrons. The molecule has 1 aromatic carbocycles. The summed E-state index contributed by atoms with van der Waals surface area (Å²) in [6.07, 6.45) is 6.45. The van der Waals surface area contributed by atoms with Crippen molar-refractivity contribution < 1.29 is 32.1 Å². The zero-order chi connectivity index (χ0) is 20.6. The van der Waals surface area contributed by atoms with Gasteiger partial charge in [-0.05, 0) is 37.8 Å². The number of hydrogen-bond acceptors (Lipinski definition) is 4. The molecule has 7 heteroatoms. The molecule has 0 unspecified atom stereocenters. The van der Waals surface area contributed by atoms with Gasteiger partial charge >= 0.3 is 0 Å². The van der Waals surface area contributed by atoms with Crippen LogP contribution in [0.2, 0.25) is 0 Å². The Morgan fingerprint density at radius 3 is 1.86 bits per heavy atom. The van der Waals surface area contributed by atoms with Crippen LogP contribution in [0, 0.1) is 29.3 Å². The van der Waals surface area contributed by atoms with E-state index in [4.69, 9.17) is 18.9 Å². The fourth-order valence-corrected chi connectivity index (χ4v) is 3.77. The molecule has 4 nitrogen and oxygen atoms in total. The van der Waals surface area contributed by atoms with Gasteiger partial charge in [0.1, 0.15) is 0 Å². The average Bonchev–Trinajstić information content (AvgIpc) is 2.74. The minimum absolute atomic E-state index is 0.0978. The molecule has 2 saturated heterocycles. The zero-order valence-corrected chi connectivity index (χ0v) is 17.0. The second-order valence-corrected chi connectivity index (χ2v) is 8.05. The third-order valence-electron chi connectivity index (χ3n) is 5.55. The lowest BCUT2D eigenvalue weighted by atomic mass is 10.0. The molecule has 2 fully saturated rings. The SMILES string of the molecule is CCCCC1COC(CCCCC2COC(c3cc(F)c(F)c(F)c3)OC2)OC1. The average molecular weight is 416 g/mol. The van der Waals surface area contributed by atoms with Crippen LogP contribution < -0.4 is 0 Å². The molecule has 0 radical (unpaired) electrons. The second kappa shape index (κ2) is 11.3. The first-order valence-corrected chi connectivity index (χ1v) is 10.7. The van der Waals surface area contributed by atoms with Crippen molar-refractivity contribution in [1.82, 2.24) is 0 Å². The first-order chi connectivity index (χ1) is 14.1. The predicted molar refractivity (Wildman–Crippen MR) is 102 cm³/mol. The maximum Gasteiger partial charge on any atom is 0.194 e. The van der Waals surface area contributed by atoms with Crippen molar-refractivity contribution in [2.45, 2.75) is 64.4 Å². The molecular formula is C22H31F3O4. The zero-order valence-electron chi connectivity index (χ0n) is 17.0. The highest BCUT2D eigenvalue weighted by Gasteiger charge is 2.26. The molecule has 29 heavy (non-hydrogen) atoms. The summed E-state index contributed by atoms with van der Waals surface area (Å²) in [5.74, 6) is -3.20. The van der Waals surface area contributed by atoms with Gasteiger partial charge in [0.15, 0.2) is 30.0 Å². The van der Waals surface area contributed by atoms with E-state index in [1.807, 2.05) is 0 Å². The van der Waals surface area contributed by atoms with Gasteiger partial charge in [-0.3, -0.25) is 0 Å². The Morgan fingerprint density at radius 2 is 1.28 bits per heavy atom. The first kappa shape index (κ1) is 22.5. The molecule has 0 N–H and O–H groups in total. The van der Waals surface area contributed by atoms with E-state index in [1.54, 1.807) is 0 Å². The van der Waals surface area contributed by atoms with Crippen LogP contribution in [-0.2, 0) is 18.9 Å². The molecule has 0 spiro atoms. The molecule has 2 aliphatic rings. The number of halogens is 3. The third kappa shape index (κ3) is 6.67. The van der Waals surface area contributed by atoms with Gasteiger partial charge in [0.2, 0.25) is 0 Å². The highest BCUT2D eigenvalue weighted by molar-refractivity contribution is 5.20. The van der Waals surface area contributed by atoms with E-state index < -0.39 is 23.7 Å². The quantitative estimate of drug-likeness (QED) is 0.393. The van der Waals surface area contributed by atoms with Crippen LogP contribution in [0.15, 0.2) is 12.1 Å². The molecule has 0 atom stereocenters. The fraction of sp³-hybridized carbons (Fsp3) is 0.727. The summed E-state index contributed by atoms with van der Waals surface area (Å²) in [6, 6.07) is 1.83. The Hall–Kier alpha value is -1.15. The van der Waals surface area contributed by atoms with Crippen LogP contribution in [-0.4, -0.2) is 32.7 Å². The molecule has 0 aromatic heterocycles. The van der Waals surface area contributed by atoms with Crippen molar-refractivity contribution >= 4 is 0 Å². The smallest absolute Gasteiger partial charge is 0.194 e. The molecule has 2 aliphatic heterocycles. The first-order valence-electron chi connectivity index (χ1n) is 10.7. The standard InChI is InChI=1S/C22H31F3O4/c1-2-3-6-15-11-26-20(27-12-15)8-5-4-7-16-13-28-22(29-14-16)17-9-18(23)21(25)19(24)10-17/h9-10,15-16,20,22H,2-8,11-14H2,1H3. The lowest BCUT2D eigenvalue weighted by molar-refractivity contribution is -0.208. The van der Waals surface area contributed by atoms with Gasteiger partial charge in [0, 0.05) is 17.4 Å². The largest absolute Gasteiger partial charge is 0.352 e. The Labute approximate surface area is 170 Å². The maximum absolute atomic E-state index is 13.4. The third-order valence-corrected chi connectivity index (χ3v) is 5.55. The molecule has 2 heterocycles. The highest BCUT2D eigenvalue weighted by Crippen LogP contribution is 2.29. The van der Waals surface area contributed by atoms with Crippen LogP contribution in [0.25, 0.3) is 0 Å². The normalized spacial score (nSPS) is 27.9. The number of hydrogen-bond donors (Lipinski definition) is 0. The van der Waals surface area contributed by atoms with Crippen molar-refractivity contribution in [3.63, 3.8) is 0 Å². The summed E-state index contributed by atoms with van der Waals surface area (Å²) in [5.41, 5.74) is 0.156. The minimum Gasteiger partial charge on any atom is -0.352 e. The maximum atomic E-state index is 13.4. The minimum atomic E-state index is -1.48. The van der Waals surface area contributed by atoms with Crippen molar-refractivity contribution in [2.75, 3.05) is 26.4 Å². The van der Waals surface area contributed by atoms with Crippen LogP contribution in [0.1, 0.15) is 63.7 Å². The Morgan fingerprint density at radius 1 is 0.759 bits per heavy atom. The van der Waals surface area contributed by atoms with Crippen LogP contribution in [0.4, 0.5) is 13.2 Å². The molecular weight excluding hydrogens is 385 g/mol. The fourth-order valence-electron chi connectivity index (χ4n) is 3.77. The Kier molecular flexibility index (Phi) is 8.78. The number of benzene rings is 1. The van der Waals surface area contributed by atoms with E-state index in [0.717, 1.165) is 51.0 Å². The van der Waals surface area contributed by atoms with Crippen molar-refractivity contribution in [2.24, 2.45) is 11.8 Å². The predicted octanol–water partition coefficient (Wildman–Crippen LogP) is 5.51. The Balaban J connectivity index is 1.29. The van der Waals surface area contributed by atoms with E-state index in [0.29, 0.717) is 19.1 Å². The monoisotopic (exact) mass is 416 g/mol. The lowest BCUT2D eigenvalue weighted by Crippen LogP contribution is -2.32. The summed E-state index contributed by atoms with van der Waals surface area (Å²) in [5, 5.41) is 0. The van der Waals surface area contributed by atoms with E-state index in [9.17, 15) is 13.2 Å². The van der Waals surface area contributed by atoms with E-state index in [2.05, 4.69) is 6.92 Å². The summed E-state index contributed by atoms with van der Waals surface area (Å²) >= 11 is 0. The number of rotatable bonds is 9. The topological polar surface area (TPSA) is 36.9 Å². The van der Waals surface area contributed by atoms with Crippen molar-refractivity contribution in [3.8, 4) is 0 Å². The van der Waals surface area contributed by atoms with Crippen LogP contribution in [0.3, 0.4) is 0 Å². The molecule has 1 aromatic rings.